The molecule has 14 heteroatoms. The van der Waals surface area contributed by atoms with Gasteiger partial charge in [-0.1, -0.05) is 37.3 Å². The summed E-state index contributed by atoms with van der Waals surface area (Å²) < 4.78 is 10.00. The van der Waals surface area contributed by atoms with Gasteiger partial charge in [-0.3, -0.25) is 4.68 Å². The van der Waals surface area contributed by atoms with Crippen molar-refractivity contribution in [1.82, 2.24) is 35.3 Å². The van der Waals surface area contributed by atoms with E-state index in [9.17, 15) is 9.90 Å². The average molecular weight is 766 g/mol. The lowest BCUT2D eigenvalue weighted by Gasteiger charge is -2.69. The molecular formula is C41H51N9O4S. The van der Waals surface area contributed by atoms with Crippen molar-refractivity contribution >= 4 is 50.1 Å². The van der Waals surface area contributed by atoms with Gasteiger partial charge >= 0.3 is 5.97 Å². The molecule has 2 unspecified atom stereocenters. The van der Waals surface area contributed by atoms with Crippen LogP contribution in [-0.2, 0) is 11.3 Å². The molecule has 4 saturated carbocycles. The number of aliphatic hydroxyl groups is 1. The van der Waals surface area contributed by atoms with Crippen molar-refractivity contribution in [3.05, 3.63) is 65.6 Å². The Hall–Kier alpha value is -4.50. The zero-order chi connectivity index (χ0) is 38.6. The second kappa shape index (κ2) is 14.2. The van der Waals surface area contributed by atoms with Gasteiger partial charge in [-0.05, 0) is 117 Å². The molecule has 4 N–H and O–H groups in total. The lowest BCUT2D eigenvalue weighted by atomic mass is 9.39. The highest BCUT2D eigenvalue weighted by Crippen LogP contribution is 2.72. The normalized spacial score (nSPS) is 25.5. The van der Waals surface area contributed by atoms with E-state index in [0.29, 0.717) is 29.6 Å². The Kier molecular flexibility index (Phi) is 9.67. The number of rotatable bonds is 15. The second-order valence-corrected chi connectivity index (χ2v) is 18.1. The van der Waals surface area contributed by atoms with E-state index in [-0.39, 0.29) is 34.1 Å². The first-order valence-electron chi connectivity index (χ1n) is 19.2. The van der Waals surface area contributed by atoms with E-state index in [0.717, 1.165) is 90.3 Å². The van der Waals surface area contributed by atoms with Crippen LogP contribution in [0.4, 0.5) is 22.6 Å². The molecule has 55 heavy (non-hydrogen) atoms. The van der Waals surface area contributed by atoms with Crippen LogP contribution < -0.4 is 15.5 Å². The molecule has 4 aliphatic carbocycles. The lowest BCUT2D eigenvalue weighted by molar-refractivity contribution is -0.247. The number of carbonyl (C=O) groups is 1. The fraction of sp³-hybridized carbons (Fsp3) is 0.512. The molecule has 13 nitrogen and oxygen atoms in total. The lowest BCUT2D eigenvalue weighted by Crippen LogP contribution is -2.64. The summed E-state index contributed by atoms with van der Waals surface area (Å²) in [5.41, 5.74) is 4.26. The summed E-state index contributed by atoms with van der Waals surface area (Å²) in [6, 6.07) is 13.5. The van der Waals surface area contributed by atoms with Crippen molar-refractivity contribution in [3.63, 3.8) is 0 Å². The van der Waals surface area contributed by atoms with Gasteiger partial charge in [0, 0.05) is 43.6 Å². The monoisotopic (exact) mass is 765 g/mol. The van der Waals surface area contributed by atoms with Crippen LogP contribution in [-0.4, -0.2) is 85.1 Å². The quantitative estimate of drug-likeness (QED) is 0.0789. The van der Waals surface area contributed by atoms with Gasteiger partial charge in [-0.25, -0.2) is 14.8 Å². The number of carboxylic acid groups (broad SMARTS) is 1. The molecule has 0 aliphatic heterocycles. The molecule has 4 aliphatic rings. The van der Waals surface area contributed by atoms with E-state index >= 15 is 0 Å². The van der Waals surface area contributed by atoms with E-state index in [4.69, 9.17) is 14.9 Å². The minimum atomic E-state index is -1.11. The summed E-state index contributed by atoms with van der Waals surface area (Å²) in [5, 5.41) is 40.7. The third kappa shape index (κ3) is 7.32. The van der Waals surface area contributed by atoms with Crippen LogP contribution in [0, 0.1) is 30.1 Å². The number of aliphatic hydroxyl groups excluding tert-OH is 1. The molecule has 1 aromatic carbocycles. The molecule has 4 fully saturated rings. The first kappa shape index (κ1) is 37.4. The minimum absolute atomic E-state index is 0.0374. The molecule has 0 saturated heterocycles. The number of nitrogens with one attached hydrogen (secondary N) is 2. The number of thiazole rings is 1. The van der Waals surface area contributed by atoms with E-state index in [1.165, 1.54) is 6.42 Å². The first-order valence-corrected chi connectivity index (χ1v) is 20.1. The number of fused-ring (bicyclic) bond motifs is 1. The number of aromatic carboxylic acids is 1. The molecule has 4 aromatic heterocycles. The SMILES string of the molecule is Cc1cc(N(C)c2ccc(-c3cnn(CC45CC6(C)CC(C)(C4)CC(OCCNCCCO)(C6)C5)c3C)c(C(=O)O)n2)nnc1Nc1nc2ccccc2s1. The van der Waals surface area contributed by atoms with Crippen LogP contribution in [0.3, 0.4) is 0 Å². The predicted molar refractivity (Wildman–Crippen MR) is 214 cm³/mol. The summed E-state index contributed by atoms with van der Waals surface area (Å²) in [5.74, 6) is 0.462. The maximum absolute atomic E-state index is 12.7. The maximum Gasteiger partial charge on any atom is 0.355 e. The Balaban J connectivity index is 1.00. The number of ether oxygens (including phenoxy) is 1. The molecule has 4 heterocycles. The first-order chi connectivity index (χ1) is 26.3. The largest absolute Gasteiger partial charge is 0.476 e. The van der Waals surface area contributed by atoms with Gasteiger partial charge < -0.3 is 30.5 Å². The molecule has 0 spiro atoms. The summed E-state index contributed by atoms with van der Waals surface area (Å²) in [4.78, 5) is 23.8. The Bertz CT molecular complexity index is 2190. The zero-order valence-electron chi connectivity index (χ0n) is 32.4. The zero-order valence-corrected chi connectivity index (χ0v) is 33.2. The van der Waals surface area contributed by atoms with Crippen molar-refractivity contribution in [2.75, 3.05) is 43.6 Å². The summed E-state index contributed by atoms with van der Waals surface area (Å²) >= 11 is 1.55. The standard InChI is InChI=1S/C41H51N9O4S/c1-26-17-33(47-48-35(26)46-37-44-30-9-6-7-10-31(30)55-37)49(5)32-12-11-28(34(45-32)36(52)53)29-18-43-50(27(29)2)25-40-20-38(3)19-39(4,21-40)23-41(22-38,24-40)54-16-14-42-13-8-15-51/h6-7,9-12,17-18,42,51H,8,13-16,19-25H2,1-5H3,(H,52,53)(H,44,46,48). The maximum atomic E-state index is 12.7. The number of benzene rings is 1. The van der Waals surface area contributed by atoms with Crippen LogP contribution in [0.25, 0.3) is 21.3 Å². The minimum Gasteiger partial charge on any atom is -0.476 e. The highest BCUT2D eigenvalue weighted by atomic mass is 32.1. The van der Waals surface area contributed by atoms with Gasteiger partial charge in [0.15, 0.2) is 22.5 Å². The summed E-state index contributed by atoms with van der Waals surface area (Å²) in [7, 11) is 1.80. The van der Waals surface area contributed by atoms with Gasteiger partial charge in [0.05, 0.1) is 28.6 Å². The van der Waals surface area contributed by atoms with Gasteiger partial charge in [0.25, 0.3) is 0 Å². The number of aromatic nitrogens is 6. The van der Waals surface area contributed by atoms with Crippen molar-refractivity contribution in [3.8, 4) is 11.1 Å². The number of nitrogens with zero attached hydrogens (tertiary/aromatic N) is 7. The molecule has 4 bridgehead atoms. The third-order valence-corrected chi connectivity index (χ3v) is 12.9. The number of para-hydroxylation sites is 1. The van der Waals surface area contributed by atoms with E-state index in [1.807, 2.05) is 56.3 Å². The van der Waals surface area contributed by atoms with Crippen LogP contribution in [0.2, 0.25) is 0 Å². The Morgan fingerprint density at radius 1 is 0.964 bits per heavy atom. The number of hydrogen-bond donors (Lipinski definition) is 4. The number of pyridine rings is 1. The van der Waals surface area contributed by atoms with Gasteiger partial charge in [0.1, 0.15) is 5.82 Å². The Morgan fingerprint density at radius 3 is 2.47 bits per heavy atom. The highest BCUT2D eigenvalue weighted by molar-refractivity contribution is 7.22. The fourth-order valence-electron chi connectivity index (χ4n) is 10.9. The molecule has 0 amide bonds. The van der Waals surface area contributed by atoms with Gasteiger partial charge in [-0.2, -0.15) is 5.10 Å². The van der Waals surface area contributed by atoms with Crippen molar-refractivity contribution < 1.29 is 19.7 Å². The van der Waals surface area contributed by atoms with Crippen LogP contribution in [0.1, 0.15) is 80.5 Å². The number of aryl methyl sites for hydroxylation is 1. The molecule has 9 rings (SSSR count). The fourth-order valence-corrected chi connectivity index (χ4v) is 11.8. The Labute approximate surface area is 325 Å². The number of hydrogen-bond acceptors (Lipinski definition) is 12. The number of carboxylic acids is 1. The van der Waals surface area contributed by atoms with E-state index in [2.05, 4.69) is 49.3 Å². The van der Waals surface area contributed by atoms with E-state index in [1.54, 1.807) is 29.5 Å². The van der Waals surface area contributed by atoms with Crippen molar-refractivity contribution in [2.45, 2.75) is 84.8 Å². The van der Waals surface area contributed by atoms with Crippen LogP contribution in [0.5, 0.6) is 0 Å². The van der Waals surface area contributed by atoms with Gasteiger partial charge in [-0.15, -0.1) is 10.2 Å². The van der Waals surface area contributed by atoms with Crippen molar-refractivity contribution in [2.24, 2.45) is 16.2 Å². The summed E-state index contributed by atoms with van der Waals surface area (Å²) in [6.45, 7) is 12.1. The molecule has 290 valence electrons. The van der Waals surface area contributed by atoms with Crippen LogP contribution >= 0.6 is 11.3 Å². The van der Waals surface area contributed by atoms with E-state index < -0.39 is 5.97 Å². The van der Waals surface area contributed by atoms with Crippen LogP contribution in [0.15, 0.2) is 48.7 Å². The molecule has 0 radical (unpaired) electrons. The summed E-state index contributed by atoms with van der Waals surface area (Å²) in [6.07, 6.45) is 9.20. The predicted octanol–water partition coefficient (Wildman–Crippen LogP) is 7.28. The third-order valence-electron chi connectivity index (χ3n) is 12.0. The molecule has 2 atom stereocenters. The Morgan fingerprint density at radius 2 is 1.75 bits per heavy atom. The molecular weight excluding hydrogens is 715 g/mol. The smallest absolute Gasteiger partial charge is 0.355 e. The number of anilines is 4. The average Bonchev–Trinajstić information content (AvgIpc) is 3.70. The van der Waals surface area contributed by atoms with Crippen molar-refractivity contribution in [1.29, 1.82) is 0 Å². The molecule has 5 aromatic rings. The second-order valence-electron chi connectivity index (χ2n) is 17.1. The van der Waals surface area contributed by atoms with Gasteiger partial charge in [0.2, 0.25) is 0 Å². The highest BCUT2D eigenvalue weighted by Gasteiger charge is 2.66. The topological polar surface area (TPSA) is 163 Å².